The molecule has 0 bridgehead atoms. The van der Waals surface area contributed by atoms with Gasteiger partial charge in [0.2, 0.25) is 0 Å². The van der Waals surface area contributed by atoms with Gasteiger partial charge in [-0.15, -0.1) is 0 Å². The Morgan fingerprint density at radius 1 is 0.328 bits per heavy atom. The molecule has 0 fully saturated rings. The summed E-state index contributed by atoms with van der Waals surface area (Å²) in [5.74, 6) is 0. The van der Waals surface area contributed by atoms with Crippen LogP contribution in [0.1, 0.15) is 44.5 Å². The average molecular weight is 829 g/mol. The normalized spacial score (nSPS) is 13.4. The van der Waals surface area contributed by atoms with Crippen molar-refractivity contribution in [3.63, 3.8) is 0 Å². The summed E-state index contributed by atoms with van der Waals surface area (Å²) in [4.78, 5) is 4.91. The van der Waals surface area contributed by atoms with E-state index in [9.17, 15) is 0 Å². The highest BCUT2D eigenvalue weighted by atomic mass is 28.4. The number of benzene rings is 8. The number of hydrogen-bond donors (Lipinski definition) is 0. The van der Waals surface area contributed by atoms with E-state index in [1.54, 1.807) is 11.1 Å². The summed E-state index contributed by atoms with van der Waals surface area (Å²) in [6.07, 6.45) is 0. The summed E-state index contributed by atoms with van der Waals surface area (Å²) >= 11 is 0. The smallest absolute Gasteiger partial charge is 0.0579 e. The zero-order valence-corrected chi connectivity index (χ0v) is 40.3. The maximum absolute atomic E-state index is 2.63. The van der Waals surface area contributed by atoms with Crippen molar-refractivity contribution in [3.05, 3.63) is 190 Å². The monoisotopic (exact) mass is 828 g/mol. The second kappa shape index (κ2) is 14.7. The fourth-order valence-corrected chi connectivity index (χ4v) is 24.0. The van der Waals surface area contributed by atoms with E-state index in [1.807, 2.05) is 0 Å². The van der Waals surface area contributed by atoms with Crippen molar-refractivity contribution in [2.24, 2.45) is 0 Å². The van der Waals surface area contributed by atoms with Gasteiger partial charge in [0.25, 0.3) is 0 Å². The summed E-state index contributed by atoms with van der Waals surface area (Å²) in [6, 6.07) is 56.2. The molecule has 9 rings (SSSR count). The first-order valence-corrected chi connectivity index (χ1v) is 29.0. The van der Waals surface area contributed by atoms with Crippen LogP contribution in [0.15, 0.2) is 146 Å². The fourth-order valence-electron chi connectivity index (χ4n) is 11.0. The molecule has 8 aromatic rings. The molecule has 0 aromatic heterocycles. The van der Waals surface area contributed by atoms with Crippen LogP contribution >= 0.6 is 0 Å². The van der Waals surface area contributed by atoms with Crippen LogP contribution in [0.3, 0.4) is 0 Å². The number of aryl methyl sites for hydroxylation is 6. The van der Waals surface area contributed by atoms with Crippen molar-refractivity contribution in [2.75, 3.05) is 9.80 Å². The topological polar surface area (TPSA) is 6.48 Å². The SMILES string of the molecule is Cc1ccc(N(c2ccc3cc4c(cc3c2)C([Si](C)(C)C)([Si](C)(C)C)c2cc3cc(N(c5ccc(C)cc5)c5cc(C)ccc5C)ccc3cc2-4)c2cc(C)ccc2C)cc1. The van der Waals surface area contributed by atoms with Gasteiger partial charge in [0, 0.05) is 38.8 Å². The molecule has 0 heterocycles. The maximum atomic E-state index is 2.63. The molecule has 1 aliphatic rings. The second-order valence-corrected chi connectivity index (χ2v) is 31.0. The summed E-state index contributed by atoms with van der Waals surface area (Å²) in [5, 5.41) is 5.19. The van der Waals surface area contributed by atoms with Gasteiger partial charge in [0.1, 0.15) is 0 Å². The van der Waals surface area contributed by atoms with E-state index in [0.717, 1.165) is 0 Å². The standard InChI is InChI=1S/C57H60N2Si2/c1-37-15-23-47(24-16-37)58(55-29-39(3)13-19-41(55)5)49-27-21-43-33-51-52-34-44-22-28-50(59(48-25-17-38(2)18-26-48)56-30-40(4)14-20-42(56)6)32-46(44)36-54(52)57(60(7,8)9,61(10,11)12)53(51)35-45(43)31-49/h13-36H,1-12H3. The highest BCUT2D eigenvalue weighted by Crippen LogP contribution is 2.59. The summed E-state index contributed by atoms with van der Waals surface area (Å²) < 4.78 is -0.00734. The van der Waals surface area contributed by atoms with Crippen LogP contribution in [-0.4, -0.2) is 16.1 Å². The van der Waals surface area contributed by atoms with Crippen LogP contribution in [0.25, 0.3) is 32.7 Å². The van der Waals surface area contributed by atoms with E-state index in [-0.39, 0.29) is 4.66 Å². The molecule has 0 unspecified atom stereocenters. The number of fused-ring (bicyclic) bond motifs is 5. The molecule has 8 aromatic carbocycles. The fraction of sp³-hybridized carbons (Fsp3) is 0.228. The number of nitrogens with zero attached hydrogens (tertiary/aromatic N) is 2. The Balaban J connectivity index is 1.26. The van der Waals surface area contributed by atoms with Crippen molar-refractivity contribution in [3.8, 4) is 11.1 Å². The molecule has 1 aliphatic carbocycles. The first kappa shape index (κ1) is 40.7. The van der Waals surface area contributed by atoms with Crippen molar-refractivity contribution in [1.82, 2.24) is 0 Å². The minimum absolute atomic E-state index is 0.00734. The van der Waals surface area contributed by atoms with Crippen LogP contribution in [0.4, 0.5) is 34.1 Å². The second-order valence-electron chi connectivity index (χ2n) is 20.0. The highest BCUT2D eigenvalue weighted by molar-refractivity contribution is 6.99. The van der Waals surface area contributed by atoms with E-state index in [0.29, 0.717) is 0 Å². The van der Waals surface area contributed by atoms with Gasteiger partial charge in [0.05, 0.1) is 16.1 Å². The zero-order chi connectivity index (χ0) is 43.2. The molecule has 61 heavy (non-hydrogen) atoms. The quantitative estimate of drug-likeness (QED) is 0.141. The van der Waals surface area contributed by atoms with Gasteiger partial charge in [-0.05, 0) is 180 Å². The van der Waals surface area contributed by atoms with Crippen LogP contribution in [0.5, 0.6) is 0 Å². The Bertz CT molecular complexity index is 2790. The highest BCUT2D eigenvalue weighted by Gasteiger charge is 2.59. The Morgan fingerprint density at radius 3 is 1.03 bits per heavy atom. The lowest BCUT2D eigenvalue weighted by molar-refractivity contribution is 0.956. The lowest BCUT2D eigenvalue weighted by Crippen LogP contribution is -2.63. The van der Waals surface area contributed by atoms with E-state index in [1.165, 1.54) is 100 Å². The Morgan fingerprint density at radius 2 is 0.672 bits per heavy atom. The van der Waals surface area contributed by atoms with E-state index in [2.05, 4.69) is 236 Å². The van der Waals surface area contributed by atoms with Crippen LogP contribution in [0, 0.1) is 41.5 Å². The van der Waals surface area contributed by atoms with Gasteiger partial charge in [0.15, 0.2) is 0 Å². The summed E-state index contributed by atoms with van der Waals surface area (Å²) in [5.41, 5.74) is 20.7. The van der Waals surface area contributed by atoms with E-state index < -0.39 is 16.1 Å². The van der Waals surface area contributed by atoms with Gasteiger partial charge in [-0.2, -0.15) is 0 Å². The lowest BCUT2D eigenvalue weighted by Gasteiger charge is -2.51. The van der Waals surface area contributed by atoms with Crippen molar-refractivity contribution >= 4 is 71.8 Å². The predicted molar refractivity (Wildman–Crippen MR) is 272 cm³/mol. The summed E-state index contributed by atoms with van der Waals surface area (Å²) in [6.45, 7) is 29.0. The third-order valence-corrected chi connectivity index (χ3v) is 23.7. The molecule has 0 amide bonds. The molecule has 0 N–H and O–H groups in total. The van der Waals surface area contributed by atoms with Crippen LogP contribution in [0.2, 0.25) is 39.3 Å². The van der Waals surface area contributed by atoms with Gasteiger partial charge in [-0.1, -0.05) is 123 Å². The first-order valence-electron chi connectivity index (χ1n) is 22.0. The van der Waals surface area contributed by atoms with Gasteiger partial charge >= 0.3 is 0 Å². The molecule has 0 spiro atoms. The van der Waals surface area contributed by atoms with Crippen molar-refractivity contribution < 1.29 is 0 Å². The zero-order valence-electron chi connectivity index (χ0n) is 38.3. The Kier molecular flexibility index (Phi) is 9.84. The molecule has 4 heteroatoms. The van der Waals surface area contributed by atoms with Crippen molar-refractivity contribution in [1.29, 1.82) is 0 Å². The van der Waals surface area contributed by atoms with E-state index >= 15 is 0 Å². The lowest BCUT2D eigenvalue weighted by atomic mass is 9.97. The Hall–Kier alpha value is -5.69. The number of rotatable bonds is 8. The molecule has 0 saturated carbocycles. The summed E-state index contributed by atoms with van der Waals surface area (Å²) in [7, 11) is -3.93. The van der Waals surface area contributed by atoms with Gasteiger partial charge in [-0.25, -0.2) is 0 Å². The van der Waals surface area contributed by atoms with Crippen LogP contribution < -0.4 is 9.80 Å². The van der Waals surface area contributed by atoms with Gasteiger partial charge < -0.3 is 9.80 Å². The van der Waals surface area contributed by atoms with Crippen LogP contribution in [-0.2, 0) is 4.66 Å². The third-order valence-electron chi connectivity index (χ3n) is 13.6. The molecule has 2 nitrogen and oxygen atoms in total. The minimum atomic E-state index is -1.97. The minimum Gasteiger partial charge on any atom is -0.310 e. The molecule has 0 saturated heterocycles. The van der Waals surface area contributed by atoms with E-state index in [4.69, 9.17) is 0 Å². The van der Waals surface area contributed by atoms with Gasteiger partial charge in [-0.3, -0.25) is 0 Å². The largest absolute Gasteiger partial charge is 0.310 e. The molecular formula is C57H60N2Si2. The van der Waals surface area contributed by atoms with Crippen molar-refractivity contribution in [2.45, 2.75) is 85.5 Å². The third kappa shape index (κ3) is 6.76. The molecule has 0 atom stereocenters. The first-order chi connectivity index (χ1) is 28.9. The molecule has 306 valence electrons. The number of anilines is 6. The molecular weight excluding hydrogens is 769 g/mol. The Labute approximate surface area is 366 Å². The molecule has 0 radical (unpaired) electrons. The number of hydrogen-bond acceptors (Lipinski definition) is 2. The predicted octanol–water partition coefficient (Wildman–Crippen LogP) is 16.8. The average Bonchev–Trinajstić information content (AvgIpc) is 3.50. The molecule has 0 aliphatic heterocycles. The maximum Gasteiger partial charge on any atom is 0.0579 e.